The first-order valence-corrected chi connectivity index (χ1v) is 6.04. The number of ether oxygens (including phenoxy) is 1. The zero-order valence-electron chi connectivity index (χ0n) is 10.8. The zero-order valence-corrected chi connectivity index (χ0v) is 10.8. The molecule has 0 aliphatic carbocycles. The molecule has 2 aromatic rings. The fourth-order valence-corrected chi connectivity index (χ4v) is 1.83. The third kappa shape index (κ3) is 2.78. The lowest BCUT2D eigenvalue weighted by Gasteiger charge is -2.15. The van der Waals surface area contributed by atoms with Gasteiger partial charge in [-0.25, -0.2) is 4.39 Å². The molecule has 1 atom stereocenters. The summed E-state index contributed by atoms with van der Waals surface area (Å²) in [4.78, 5) is 11.3. The number of hydrogen-bond acceptors (Lipinski definition) is 3. The number of para-hydroxylation sites is 2. The number of rotatable bonds is 4. The van der Waals surface area contributed by atoms with Crippen molar-refractivity contribution in [2.24, 2.45) is 5.73 Å². The number of hydrogen-bond donors (Lipinski definition) is 2. The molecule has 0 aromatic heterocycles. The summed E-state index contributed by atoms with van der Waals surface area (Å²) in [5.74, 6) is -1.26. The molecule has 2 rings (SSSR count). The van der Waals surface area contributed by atoms with E-state index in [1.54, 1.807) is 18.2 Å². The molecule has 0 spiro atoms. The molecule has 0 unspecified atom stereocenters. The number of benzene rings is 2. The van der Waals surface area contributed by atoms with Gasteiger partial charge >= 0.3 is 0 Å². The molecule has 104 valence electrons. The van der Waals surface area contributed by atoms with Crippen LogP contribution >= 0.6 is 0 Å². The van der Waals surface area contributed by atoms with Crippen molar-refractivity contribution in [3.63, 3.8) is 0 Å². The minimum atomic E-state index is -0.901. The summed E-state index contributed by atoms with van der Waals surface area (Å²) in [6, 6.07) is 10.5. The van der Waals surface area contributed by atoms with Gasteiger partial charge in [-0.2, -0.15) is 0 Å². The molecule has 1 amide bonds. The molecule has 0 fully saturated rings. The van der Waals surface area contributed by atoms with Crippen molar-refractivity contribution in [1.29, 1.82) is 0 Å². The second-order valence-corrected chi connectivity index (χ2v) is 4.30. The normalized spacial score (nSPS) is 11.9. The second-order valence-electron chi connectivity index (χ2n) is 4.30. The van der Waals surface area contributed by atoms with Crippen LogP contribution in [0.2, 0.25) is 0 Å². The summed E-state index contributed by atoms with van der Waals surface area (Å²) in [7, 11) is 0. The van der Waals surface area contributed by atoms with E-state index in [-0.39, 0.29) is 17.1 Å². The van der Waals surface area contributed by atoms with Gasteiger partial charge in [0.15, 0.2) is 11.6 Å². The standard InChI is InChI=1S/C15H14FNO3/c1-9(18)10-6-4-7-12(16)14(10)20-13-8-3-2-5-11(13)15(17)19/h2-9,18H,1H3,(H2,17,19)/t9-/m1/s1. The Morgan fingerprint density at radius 1 is 1.25 bits per heavy atom. The average Bonchev–Trinajstić information content (AvgIpc) is 2.41. The zero-order chi connectivity index (χ0) is 14.7. The Morgan fingerprint density at radius 3 is 2.60 bits per heavy atom. The van der Waals surface area contributed by atoms with Crippen LogP contribution in [-0.2, 0) is 0 Å². The Morgan fingerprint density at radius 2 is 1.95 bits per heavy atom. The number of aliphatic hydroxyl groups excluding tert-OH is 1. The first-order valence-electron chi connectivity index (χ1n) is 6.04. The van der Waals surface area contributed by atoms with Crippen molar-refractivity contribution < 1.29 is 19.0 Å². The van der Waals surface area contributed by atoms with E-state index in [1.165, 1.54) is 31.2 Å². The molecule has 0 heterocycles. The minimum absolute atomic E-state index is 0.115. The summed E-state index contributed by atoms with van der Waals surface area (Å²) in [5, 5.41) is 9.65. The van der Waals surface area contributed by atoms with Crippen molar-refractivity contribution in [2.75, 3.05) is 0 Å². The highest BCUT2D eigenvalue weighted by atomic mass is 19.1. The lowest BCUT2D eigenvalue weighted by atomic mass is 10.1. The van der Waals surface area contributed by atoms with E-state index < -0.39 is 17.8 Å². The minimum Gasteiger partial charge on any atom is -0.453 e. The summed E-state index contributed by atoms with van der Waals surface area (Å²) < 4.78 is 19.3. The summed E-state index contributed by atoms with van der Waals surface area (Å²) in [6.07, 6.45) is -0.901. The van der Waals surface area contributed by atoms with Gasteiger partial charge < -0.3 is 15.6 Å². The van der Waals surface area contributed by atoms with Gasteiger partial charge in [0.2, 0.25) is 0 Å². The Labute approximate surface area is 115 Å². The fraction of sp³-hybridized carbons (Fsp3) is 0.133. The molecule has 3 N–H and O–H groups in total. The number of primary amides is 1. The van der Waals surface area contributed by atoms with E-state index in [0.29, 0.717) is 5.56 Å². The van der Waals surface area contributed by atoms with Gasteiger partial charge in [0.05, 0.1) is 11.7 Å². The van der Waals surface area contributed by atoms with Gasteiger partial charge in [0.25, 0.3) is 5.91 Å². The third-order valence-electron chi connectivity index (χ3n) is 2.81. The number of carbonyl (C=O) groups is 1. The van der Waals surface area contributed by atoms with Crippen molar-refractivity contribution in [2.45, 2.75) is 13.0 Å². The van der Waals surface area contributed by atoms with E-state index >= 15 is 0 Å². The highest BCUT2D eigenvalue weighted by Gasteiger charge is 2.17. The largest absolute Gasteiger partial charge is 0.453 e. The van der Waals surface area contributed by atoms with Crippen LogP contribution in [0, 0.1) is 5.82 Å². The highest BCUT2D eigenvalue weighted by Crippen LogP contribution is 2.33. The van der Waals surface area contributed by atoms with Crippen LogP contribution in [0.4, 0.5) is 4.39 Å². The summed E-state index contributed by atoms with van der Waals surface area (Å²) in [6.45, 7) is 1.50. The van der Waals surface area contributed by atoms with Gasteiger partial charge in [-0.1, -0.05) is 24.3 Å². The summed E-state index contributed by atoms with van der Waals surface area (Å²) >= 11 is 0. The lowest BCUT2D eigenvalue weighted by Crippen LogP contribution is -2.12. The molecule has 0 aliphatic rings. The van der Waals surface area contributed by atoms with E-state index in [9.17, 15) is 14.3 Å². The van der Waals surface area contributed by atoms with Crippen molar-refractivity contribution in [3.05, 3.63) is 59.4 Å². The van der Waals surface area contributed by atoms with E-state index in [2.05, 4.69) is 0 Å². The van der Waals surface area contributed by atoms with Crippen LogP contribution in [-0.4, -0.2) is 11.0 Å². The van der Waals surface area contributed by atoms with Crippen molar-refractivity contribution in [3.8, 4) is 11.5 Å². The average molecular weight is 275 g/mol. The first-order chi connectivity index (χ1) is 9.50. The number of nitrogens with two attached hydrogens (primary N) is 1. The maximum Gasteiger partial charge on any atom is 0.252 e. The molecule has 4 nitrogen and oxygen atoms in total. The van der Waals surface area contributed by atoms with Gasteiger partial charge in [-0.15, -0.1) is 0 Å². The smallest absolute Gasteiger partial charge is 0.252 e. The van der Waals surface area contributed by atoms with Crippen LogP contribution in [0.3, 0.4) is 0 Å². The van der Waals surface area contributed by atoms with Crippen LogP contribution in [0.15, 0.2) is 42.5 Å². The maximum absolute atomic E-state index is 13.9. The molecule has 0 saturated heterocycles. The summed E-state index contributed by atoms with van der Waals surface area (Å²) in [5.41, 5.74) is 5.68. The molecule has 2 aromatic carbocycles. The number of amides is 1. The van der Waals surface area contributed by atoms with Crippen LogP contribution in [0.1, 0.15) is 28.9 Å². The molecule has 20 heavy (non-hydrogen) atoms. The molecule has 0 radical (unpaired) electrons. The Bertz CT molecular complexity index is 641. The fourth-order valence-electron chi connectivity index (χ4n) is 1.83. The molecular weight excluding hydrogens is 261 g/mol. The number of halogens is 1. The van der Waals surface area contributed by atoms with Gasteiger partial charge in [-0.05, 0) is 25.1 Å². The Hall–Kier alpha value is -2.40. The quantitative estimate of drug-likeness (QED) is 0.901. The lowest BCUT2D eigenvalue weighted by molar-refractivity contribution is 0.0998. The maximum atomic E-state index is 13.9. The topological polar surface area (TPSA) is 72.6 Å². The number of carbonyl (C=O) groups excluding carboxylic acids is 1. The van der Waals surface area contributed by atoms with E-state index in [0.717, 1.165) is 0 Å². The Kier molecular flexibility index (Phi) is 4.00. The molecule has 0 bridgehead atoms. The SMILES string of the molecule is C[C@@H](O)c1cccc(F)c1Oc1ccccc1C(N)=O. The highest BCUT2D eigenvalue weighted by molar-refractivity contribution is 5.95. The van der Waals surface area contributed by atoms with Crippen molar-refractivity contribution >= 4 is 5.91 Å². The second kappa shape index (κ2) is 5.71. The third-order valence-corrected chi connectivity index (χ3v) is 2.81. The Balaban J connectivity index is 2.48. The van der Waals surface area contributed by atoms with Gasteiger partial charge in [0.1, 0.15) is 5.75 Å². The molecular formula is C15H14FNO3. The predicted octanol–water partition coefficient (Wildman–Crippen LogP) is 2.77. The van der Waals surface area contributed by atoms with E-state index in [4.69, 9.17) is 10.5 Å². The van der Waals surface area contributed by atoms with Crippen molar-refractivity contribution in [1.82, 2.24) is 0 Å². The number of aliphatic hydroxyl groups is 1. The van der Waals surface area contributed by atoms with E-state index in [1.807, 2.05) is 0 Å². The van der Waals surface area contributed by atoms with Gasteiger partial charge in [0, 0.05) is 5.56 Å². The molecule has 0 aliphatic heterocycles. The van der Waals surface area contributed by atoms with Crippen LogP contribution < -0.4 is 10.5 Å². The van der Waals surface area contributed by atoms with Crippen LogP contribution in [0.5, 0.6) is 11.5 Å². The predicted molar refractivity (Wildman–Crippen MR) is 72.1 cm³/mol. The van der Waals surface area contributed by atoms with Gasteiger partial charge in [-0.3, -0.25) is 4.79 Å². The van der Waals surface area contributed by atoms with Crippen LogP contribution in [0.25, 0.3) is 0 Å². The molecule has 5 heteroatoms. The monoisotopic (exact) mass is 275 g/mol. The first kappa shape index (κ1) is 14.0. The molecule has 0 saturated carbocycles.